The van der Waals surface area contributed by atoms with E-state index in [1.54, 1.807) is 0 Å². The van der Waals surface area contributed by atoms with Crippen molar-refractivity contribution in [1.82, 2.24) is 0 Å². The first-order valence-electron chi connectivity index (χ1n) is 11.5. The Balaban J connectivity index is 1.73. The molecule has 3 aromatic carbocycles. The number of nitriles is 1. The summed E-state index contributed by atoms with van der Waals surface area (Å²) in [5, 5.41) is 12.1. The second kappa shape index (κ2) is 7.20. The molecule has 6 rings (SSSR count). The second-order valence-electron chi connectivity index (χ2n) is 9.76. The SMILES string of the molecule is Cc1ccc2c(oc3c(-c4cccc5c4OCC5(C)C)c(C#N)ccc32)c1-c1cccc[n+]1C. The van der Waals surface area contributed by atoms with Crippen LogP contribution < -0.4 is 9.30 Å². The monoisotopic (exact) mass is 445 g/mol. The van der Waals surface area contributed by atoms with Gasteiger partial charge in [0.05, 0.1) is 23.8 Å². The fourth-order valence-corrected chi connectivity index (χ4v) is 5.22. The smallest absolute Gasteiger partial charge is 0.216 e. The number of fused-ring (bicyclic) bond motifs is 4. The van der Waals surface area contributed by atoms with Crippen LogP contribution in [0.2, 0.25) is 0 Å². The summed E-state index contributed by atoms with van der Waals surface area (Å²) < 4.78 is 15.0. The van der Waals surface area contributed by atoms with E-state index in [1.807, 2.05) is 49.6 Å². The lowest BCUT2D eigenvalue weighted by molar-refractivity contribution is -0.660. The van der Waals surface area contributed by atoms with Crippen molar-refractivity contribution >= 4 is 21.9 Å². The third-order valence-corrected chi connectivity index (χ3v) is 7.04. The number of benzene rings is 3. The fourth-order valence-electron chi connectivity index (χ4n) is 5.22. The third kappa shape index (κ3) is 2.80. The zero-order chi connectivity index (χ0) is 23.6. The van der Waals surface area contributed by atoms with Crippen molar-refractivity contribution in [2.45, 2.75) is 26.2 Å². The Hall–Kier alpha value is -4.10. The molecule has 4 heteroatoms. The van der Waals surface area contributed by atoms with E-state index in [-0.39, 0.29) is 5.41 Å². The van der Waals surface area contributed by atoms with Gasteiger partial charge in [-0.3, -0.25) is 0 Å². The summed E-state index contributed by atoms with van der Waals surface area (Å²) in [6.07, 6.45) is 2.04. The van der Waals surface area contributed by atoms with Crippen LogP contribution in [0.4, 0.5) is 0 Å². The largest absolute Gasteiger partial charge is 0.492 e. The van der Waals surface area contributed by atoms with Crippen molar-refractivity contribution in [3.63, 3.8) is 0 Å². The van der Waals surface area contributed by atoms with Crippen molar-refractivity contribution in [3.05, 3.63) is 83.6 Å². The number of furan rings is 1. The number of rotatable bonds is 2. The molecule has 0 amide bonds. The van der Waals surface area contributed by atoms with Crippen LogP contribution in [0.3, 0.4) is 0 Å². The lowest BCUT2D eigenvalue weighted by Gasteiger charge is -2.15. The molecule has 0 bridgehead atoms. The van der Waals surface area contributed by atoms with Gasteiger partial charge in [-0.1, -0.05) is 44.2 Å². The Morgan fingerprint density at radius 1 is 0.912 bits per heavy atom. The van der Waals surface area contributed by atoms with Gasteiger partial charge in [-0.05, 0) is 30.7 Å². The highest BCUT2D eigenvalue weighted by Gasteiger charge is 2.34. The number of nitrogens with zero attached hydrogens (tertiary/aromatic N) is 2. The van der Waals surface area contributed by atoms with Gasteiger partial charge in [-0.25, -0.2) is 4.57 Å². The van der Waals surface area contributed by atoms with E-state index in [0.717, 1.165) is 61.2 Å². The van der Waals surface area contributed by atoms with E-state index in [2.05, 4.69) is 55.7 Å². The first kappa shape index (κ1) is 20.5. The fraction of sp³-hybridized carbons (Fsp3) is 0.200. The lowest BCUT2D eigenvalue weighted by Crippen LogP contribution is -2.30. The summed E-state index contributed by atoms with van der Waals surface area (Å²) in [6.45, 7) is 7.09. The number of para-hydroxylation sites is 1. The number of pyridine rings is 1. The molecule has 1 aliphatic rings. The summed E-state index contributed by atoms with van der Waals surface area (Å²) >= 11 is 0. The summed E-state index contributed by atoms with van der Waals surface area (Å²) in [5.41, 5.74) is 8.22. The topological polar surface area (TPSA) is 50.0 Å². The molecule has 2 aromatic heterocycles. The summed E-state index contributed by atoms with van der Waals surface area (Å²) in [5.74, 6) is 0.850. The van der Waals surface area contributed by atoms with Gasteiger partial charge in [0, 0.05) is 45.0 Å². The van der Waals surface area contributed by atoms with Gasteiger partial charge < -0.3 is 9.15 Å². The van der Waals surface area contributed by atoms with Gasteiger partial charge in [0.15, 0.2) is 6.20 Å². The van der Waals surface area contributed by atoms with Gasteiger partial charge in [0.1, 0.15) is 24.0 Å². The maximum atomic E-state index is 10.0. The molecule has 0 N–H and O–H groups in total. The molecular formula is C30H25N2O2+. The normalized spacial score (nSPS) is 14.2. The molecule has 0 saturated heterocycles. The van der Waals surface area contributed by atoms with Gasteiger partial charge in [0.25, 0.3) is 0 Å². The van der Waals surface area contributed by atoms with Crippen molar-refractivity contribution in [2.75, 3.05) is 6.61 Å². The minimum atomic E-state index is -0.0771. The van der Waals surface area contributed by atoms with Crippen LogP contribution >= 0.6 is 0 Å². The predicted octanol–water partition coefficient (Wildman–Crippen LogP) is 6.59. The Morgan fingerprint density at radius 2 is 1.68 bits per heavy atom. The van der Waals surface area contributed by atoms with Crippen LogP contribution in [0.5, 0.6) is 5.75 Å². The zero-order valence-corrected chi connectivity index (χ0v) is 19.8. The molecule has 0 spiro atoms. The lowest BCUT2D eigenvalue weighted by atomic mass is 9.85. The van der Waals surface area contributed by atoms with Crippen LogP contribution in [0.25, 0.3) is 44.3 Å². The summed E-state index contributed by atoms with van der Waals surface area (Å²) in [4.78, 5) is 0. The van der Waals surface area contributed by atoms with Crippen LogP contribution in [0, 0.1) is 18.3 Å². The van der Waals surface area contributed by atoms with Gasteiger partial charge >= 0.3 is 0 Å². The van der Waals surface area contributed by atoms with Crippen LogP contribution in [0.15, 0.2) is 71.3 Å². The molecule has 34 heavy (non-hydrogen) atoms. The molecule has 166 valence electrons. The molecular weight excluding hydrogens is 420 g/mol. The molecule has 0 saturated carbocycles. The zero-order valence-electron chi connectivity index (χ0n) is 19.8. The quantitative estimate of drug-likeness (QED) is 0.288. The standard InChI is InChI=1S/C30H25N2O2/c1-18-11-13-20-21-14-12-19(16-31)26(22-8-7-9-23-27(22)33-17-30(23,2)3)29(21)34-28(20)25(18)24-10-5-6-15-32(24)4/h5-15H,17H2,1-4H3/q+1. The van der Waals surface area contributed by atoms with Gasteiger partial charge in [-0.15, -0.1) is 0 Å². The van der Waals surface area contributed by atoms with E-state index in [4.69, 9.17) is 9.15 Å². The van der Waals surface area contributed by atoms with Crippen molar-refractivity contribution in [1.29, 1.82) is 5.26 Å². The Morgan fingerprint density at radius 3 is 2.44 bits per heavy atom. The Kier molecular flexibility index (Phi) is 4.34. The van der Waals surface area contributed by atoms with Crippen molar-refractivity contribution < 1.29 is 13.7 Å². The maximum Gasteiger partial charge on any atom is 0.216 e. The Labute approximate surface area is 198 Å². The van der Waals surface area contributed by atoms with E-state index in [0.29, 0.717) is 12.2 Å². The number of aryl methyl sites for hydroxylation is 2. The van der Waals surface area contributed by atoms with Crippen molar-refractivity contribution in [3.8, 4) is 34.2 Å². The van der Waals surface area contributed by atoms with Crippen molar-refractivity contribution in [2.24, 2.45) is 7.05 Å². The van der Waals surface area contributed by atoms with Crippen LogP contribution in [-0.4, -0.2) is 6.61 Å². The third-order valence-electron chi connectivity index (χ3n) is 7.04. The van der Waals surface area contributed by atoms with E-state index < -0.39 is 0 Å². The molecule has 0 fully saturated rings. The average molecular weight is 446 g/mol. The minimum absolute atomic E-state index is 0.0771. The first-order chi connectivity index (χ1) is 16.4. The number of hydrogen-bond acceptors (Lipinski definition) is 3. The molecule has 0 aliphatic carbocycles. The molecule has 3 heterocycles. The highest BCUT2D eigenvalue weighted by atomic mass is 16.5. The molecule has 1 aliphatic heterocycles. The predicted molar refractivity (Wildman–Crippen MR) is 134 cm³/mol. The highest BCUT2D eigenvalue weighted by Crippen LogP contribution is 2.48. The highest BCUT2D eigenvalue weighted by molar-refractivity contribution is 6.14. The number of hydrogen-bond donors (Lipinski definition) is 0. The minimum Gasteiger partial charge on any atom is -0.492 e. The summed E-state index contributed by atoms with van der Waals surface area (Å²) in [7, 11) is 2.04. The van der Waals surface area contributed by atoms with Crippen LogP contribution in [-0.2, 0) is 12.5 Å². The van der Waals surface area contributed by atoms with E-state index in [9.17, 15) is 5.26 Å². The van der Waals surface area contributed by atoms with Crippen LogP contribution in [0.1, 0.15) is 30.5 Å². The van der Waals surface area contributed by atoms with Gasteiger partial charge in [0.2, 0.25) is 5.69 Å². The molecule has 4 nitrogen and oxygen atoms in total. The first-order valence-corrected chi connectivity index (χ1v) is 11.5. The molecule has 5 aromatic rings. The maximum absolute atomic E-state index is 10.0. The Bertz CT molecular complexity index is 1670. The van der Waals surface area contributed by atoms with E-state index in [1.165, 1.54) is 0 Å². The second-order valence-corrected chi connectivity index (χ2v) is 9.76. The molecule has 0 atom stereocenters. The average Bonchev–Trinajstić information content (AvgIpc) is 3.36. The molecule has 0 unspecified atom stereocenters. The van der Waals surface area contributed by atoms with E-state index >= 15 is 0 Å². The number of ether oxygens (including phenoxy) is 1. The number of aromatic nitrogens is 1. The van der Waals surface area contributed by atoms with Gasteiger partial charge in [-0.2, -0.15) is 5.26 Å². The summed E-state index contributed by atoms with van der Waals surface area (Å²) in [6, 6.07) is 22.9. The molecule has 0 radical (unpaired) electrons.